The Kier molecular flexibility index (Phi) is 9.97. The molecule has 0 fully saturated rings. The third kappa shape index (κ3) is 6.04. The van der Waals surface area contributed by atoms with Crippen LogP contribution < -0.4 is 0 Å². The summed E-state index contributed by atoms with van der Waals surface area (Å²) in [6, 6.07) is 7.66. The van der Waals surface area contributed by atoms with Gasteiger partial charge in [0.15, 0.2) is 0 Å². The zero-order valence-corrected chi connectivity index (χ0v) is 19.0. The van der Waals surface area contributed by atoms with Crippen LogP contribution in [0.15, 0.2) is 18.2 Å². The largest absolute Gasteiger partial charge is 0.278 e. The predicted octanol–water partition coefficient (Wildman–Crippen LogP) is 6.72. The van der Waals surface area contributed by atoms with E-state index in [0.29, 0.717) is 12.1 Å². The first-order valence-corrected chi connectivity index (χ1v) is 11.7. The number of aryl methyl sites for hydroxylation is 1. The van der Waals surface area contributed by atoms with Crippen molar-refractivity contribution in [2.45, 2.75) is 118 Å². The van der Waals surface area contributed by atoms with Crippen LogP contribution in [0.5, 0.6) is 0 Å². The van der Waals surface area contributed by atoms with E-state index in [1.165, 1.54) is 69.8 Å². The molecule has 0 N–H and O–H groups in total. The molecule has 2 atom stereocenters. The smallest absolute Gasteiger partial charge is 0.116 e. The van der Waals surface area contributed by atoms with E-state index in [2.05, 4.69) is 72.7 Å². The fraction of sp³-hybridized carbons (Fsp3) is 0.750. The van der Waals surface area contributed by atoms with Gasteiger partial charge in [0.1, 0.15) is 5.52 Å². The minimum atomic E-state index is 0.627. The molecule has 158 valence electrons. The van der Waals surface area contributed by atoms with Crippen LogP contribution in [0, 0.1) is 6.92 Å². The van der Waals surface area contributed by atoms with Crippen LogP contribution in [0.25, 0.3) is 11.0 Å². The fourth-order valence-corrected chi connectivity index (χ4v) is 4.39. The average Bonchev–Trinajstić information content (AvgIpc) is 3.12. The highest BCUT2D eigenvalue weighted by Gasteiger charge is 2.25. The van der Waals surface area contributed by atoms with Crippen LogP contribution in [0.4, 0.5) is 0 Å². The molecule has 28 heavy (non-hydrogen) atoms. The molecule has 4 heteroatoms. The summed E-state index contributed by atoms with van der Waals surface area (Å²) in [7, 11) is 0. The van der Waals surface area contributed by atoms with Gasteiger partial charge in [-0.3, -0.25) is 4.90 Å². The lowest BCUT2D eigenvalue weighted by atomic mass is 9.98. The Balaban J connectivity index is 2.25. The molecule has 2 rings (SSSR count). The van der Waals surface area contributed by atoms with Crippen LogP contribution in [0.2, 0.25) is 0 Å². The number of benzene rings is 1. The lowest BCUT2D eigenvalue weighted by Crippen LogP contribution is -2.44. The summed E-state index contributed by atoms with van der Waals surface area (Å²) in [5.41, 5.74) is 3.41. The third-order valence-corrected chi connectivity index (χ3v) is 6.21. The number of hydrogen-bond acceptors (Lipinski definition) is 3. The van der Waals surface area contributed by atoms with Crippen LogP contribution in [0.3, 0.4) is 0 Å². The quantitative estimate of drug-likeness (QED) is 0.338. The molecule has 0 spiro atoms. The van der Waals surface area contributed by atoms with Crippen molar-refractivity contribution >= 4 is 11.0 Å². The number of aromatic nitrogens is 3. The molecular formula is C24H42N4. The minimum absolute atomic E-state index is 0.627. The van der Waals surface area contributed by atoms with Crippen molar-refractivity contribution in [2.24, 2.45) is 0 Å². The van der Waals surface area contributed by atoms with E-state index in [9.17, 15) is 0 Å². The maximum absolute atomic E-state index is 4.55. The highest BCUT2D eigenvalue weighted by Crippen LogP contribution is 2.24. The third-order valence-electron chi connectivity index (χ3n) is 6.21. The first-order valence-electron chi connectivity index (χ1n) is 11.7. The molecule has 2 aromatic rings. The van der Waals surface area contributed by atoms with E-state index in [4.69, 9.17) is 0 Å². The second-order valence-corrected chi connectivity index (χ2v) is 8.30. The Morgan fingerprint density at radius 1 is 0.893 bits per heavy atom. The molecule has 0 radical (unpaired) electrons. The van der Waals surface area contributed by atoms with Crippen molar-refractivity contribution in [3.05, 3.63) is 23.8 Å². The van der Waals surface area contributed by atoms with Gasteiger partial charge in [0.2, 0.25) is 0 Å². The van der Waals surface area contributed by atoms with Crippen molar-refractivity contribution < 1.29 is 0 Å². The van der Waals surface area contributed by atoms with Gasteiger partial charge in [0, 0.05) is 12.1 Å². The van der Waals surface area contributed by atoms with Crippen molar-refractivity contribution in [3.8, 4) is 0 Å². The summed E-state index contributed by atoms with van der Waals surface area (Å²) < 4.78 is 2.13. The van der Waals surface area contributed by atoms with E-state index in [1.54, 1.807) is 0 Å². The summed E-state index contributed by atoms with van der Waals surface area (Å²) in [4.78, 5) is 2.75. The highest BCUT2D eigenvalue weighted by molar-refractivity contribution is 5.77. The maximum atomic E-state index is 4.55. The molecule has 1 heterocycles. The van der Waals surface area contributed by atoms with Gasteiger partial charge in [-0.15, -0.1) is 5.10 Å². The van der Waals surface area contributed by atoms with Crippen molar-refractivity contribution in [3.63, 3.8) is 0 Å². The number of nitrogens with zero attached hydrogens (tertiary/aromatic N) is 4. The maximum Gasteiger partial charge on any atom is 0.116 e. The van der Waals surface area contributed by atoms with Gasteiger partial charge in [-0.1, -0.05) is 83.6 Å². The van der Waals surface area contributed by atoms with E-state index in [1.807, 2.05) is 0 Å². The fourth-order valence-electron chi connectivity index (χ4n) is 4.39. The normalized spacial score (nSPS) is 14.1. The van der Waals surface area contributed by atoms with Gasteiger partial charge in [0.25, 0.3) is 0 Å². The Hall–Kier alpha value is -1.42. The Bertz CT molecular complexity index is 660. The first kappa shape index (κ1) is 22.9. The molecule has 0 saturated heterocycles. The minimum Gasteiger partial charge on any atom is -0.278 e. The van der Waals surface area contributed by atoms with Gasteiger partial charge in [-0.25, -0.2) is 4.68 Å². The molecule has 0 aliphatic carbocycles. The average molecular weight is 387 g/mol. The number of unbranched alkanes of at least 4 members (excludes halogenated alkanes) is 4. The first-order chi connectivity index (χ1) is 13.7. The molecule has 2 unspecified atom stereocenters. The summed E-state index contributed by atoms with van der Waals surface area (Å²) in [6.07, 6.45) is 12.9. The van der Waals surface area contributed by atoms with Crippen molar-refractivity contribution in [1.29, 1.82) is 0 Å². The number of hydrogen-bond donors (Lipinski definition) is 0. The predicted molar refractivity (Wildman–Crippen MR) is 121 cm³/mol. The highest BCUT2D eigenvalue weighted by atomic mass is 15.5. The van der Waals surface area contributed by atoms with E-state index in [-0.39, 0.29) is 0 Å². The lowest BCUT2D eigenvalue weighted by molar-refractivity contribution is 0.0691. The van der Waals surface area contributed by atoms with Crippen LogP contribution in [0.1, 0.15) is 97.5 Å². The summed E-state index contributed by atoms with van der Waals surface area (Å²) >= 11 is 0. The Morgan fingerprint density at radius 3 is 2.04 bits per heavy atom. The molecule has 1 aromatic heterocycles. The zero-order chi connectivity index (χ0) is 20.4. The van der Waals surface area contributed by atoms with Crippen molar-refractivity contribution in [2.75, 3.05) is 0 Å². The van der Waals surface area contributed by atoms with Crippen LogP contribution >= 0.6 is 0 Å². The Labute approximate surface area is 172 Å². The van der Waals surface area contributed by atoms with Crippen LogP contribution in [-0.2, 0) is 6.67 Å². The zero-order valence-electron chi connectivity index (χ0n) is 19.0. The molecule has 4 nitrogen and oxygen atoms in total. The monoisotopic (exact) mass is 386 g/mol. The van der Waals surface area contributed by atoms with Gasteiger partial charge in [-0.2, -0.15) is 0 Å². The topological polar surface area (TPSA) is 34.0 Å². The Morgan fingerprint density at radius 2 is 1.50 bits per heavy atom. The molecule has 0 aliphatic rings. The second kappa shape index (κ2) is 12.2. The second-order valence-electron chi connectivity index (χ2n) is 8.30. The molecule has 1 aromatic carbocycles. The SMILES string of the molecule is CCCCCC(CC)N(Cn1nnc2c(C)cccc21)C(CC)CCCCC. The van der Waals surface area contributed by atoms with E-state index in [0.717, 1.165) is 17.7 Å². The molecular weight excluding hydrogens is 344 g/mol. The number of rotatable bonds is 14. The van der Waals surface area contributed by atoms with Crippen LogP contribution in [-0.4, -0.2) is 32.0 Å². The van der Waals surface area contributed by atoms with Crippen molar-refractivity contribution in [1.82, 2.24) is 19.9 Å². The van der Waals surface area contributed by atoms with Gasteiger partial charge in [0.05, 0.1) is 12.2 Å². The number of fused-ring (bicyclic) bond motifs is 1. The summed E-state index contributed by atoms with van der Waals surface area (Å²) in [5.74, 6) is 0. The summed E-state index contributed by atoms with van der Waals surface area (Å²) in [5, 5.41) is 9.03. The van der Waals surface area contributed by atoms with E-state index >= 15 is 0 Å². The van der Waals surface area contributed by atoms with Gasteiger partial charge in [-0.05, 0) is 44.2 Å². The van der Waals surface area contributed by atoms with Gasteiger partial charge < -0.3 is 0 Å². The van der Waals surface area contributed by atoms with E-state index < -0.39 is 0 Å². The molecule has 0 bridgehead atoms. The molecule has 0 saturated carbocycles. The molecule has 0 aliphatic heterocycles. The standard InChI is InChI=1S/C24H42N4/c1-6-10-12-16-21(8-3)27(22(9-4)17-13-11-7-2)19-28-23-18-14-15-20(5)24(23)25-26-28/h14-15,18,21-22H,6-13,16-17,19H2,1-5H3. The summed E-state index contributed by atoms with van der Waals surface area (Å²) in [6.45, 7) is 12.3. The molecule has 0 amide bonds. The van der Waals surface area contributed by atoms with Gasteiger partial charge >= 0.3 is 0 Å². The lowest BCUT2D eigenvalue weighted by Gasteiger charge is -2.38.